The summed E-state index contributed by atoms with van der Waals surface area (Å²) in [4.78, 5) is 59.8. The number of nitrogens with zero attached hydrogens (tertiary/aromatic N) is 4. The van der Waals surface area contributed by atoms with E-state index in [2.05, 4.69) is 4.98 Å². The average Bonchev–Trinajstić information content (AvgIpc) is 3.43. The number of urea groups is 1. The summed E-state index contributed by atoms with van der Waals surface area (Å²) in [6.45, 7) is 5.25. The highest BCUT2D eigenvalue weighted by Crippen LogP contribution is 2.38. The van der Waals surface area contributed by atoms with Crippen molar-refractivity contribution in [2.45, 2.75) is 58.0 Å². The molecule has 0 aliphatic carbocycles. The van der Waals surface area contributed by atoms with E-state index in [9.17, 15) is 37.5 Å². The number of methoxy groups -OCH3 is 1. The van der Waals surface area contributed by atoms with Crippen LogP contribution in [0, 0.1) is 5.92 Å². The molecule has 2 aromatic carbocycles. The lowest BCUT2D eigenvalue weighted by molar-refractivity contribution is -0.165. The molecular weight excluding hydrogens is 621 g/mol. The number of carboxylic acid groups (broad SMARTS) is 1. The van der Waals surface area contributed by atoms with Gasteiger partial charge in [0.1, 0.15) is 17.2 Å². The zero-order valence-electron chi connectivity index (χ0n) is 26.1. The van der Waals surface area contributed by atoms with Crippen molar-refractivity contribution in [1.29, 1.82) is 0 Å². The number of rotatable bonds is 7. The van der Waals surface area contributed by atoms with Crippen LogP contribution >= 0.6 is 0 Å². The highest BCUT2D eigenvalue weighted by atomic mass is 19.4. The van der Waals surface area contributed by atoms with Gasteiger partial charge in [0.05, 0.1) is 25.1 Å². The molecule has 14 heteroatoms. The van der Waals surface area contributed by atoms with Crippen LogP contribution in [0.1, 0.15) is 43.0 Å². The molecule has 1 fully saturated rings. The van der Waals surface area contributed by atoms with Crippen molar-refractivity contribution in [2.75, 3.05) is 23.5 Å². The number of hydrogen-bond acceptors (Lipinski definition) is 7. The molecule has 0 radical (unpaired) electrons. The molecule has 0 spiro atoms. The number of aromatic nitrogens is 1. The van der Waals surface area contributed by atoms with Crippen LogP contribution in [0.5, 0.6) is 5.75 Å². The van der Waals surface area contributed by atoms with Gasteiger partial charge in [-0.2, -0.15) is 13.2 Å². The monoisotopic (exact) mass is 654 g/mol. The number of carboxylic acids is 1. The Balaban J connectivity index is 1.36. The number of hydrogen-bond donors (Lipinski definition) is 1. The molecule has 0 bridgehead atoms. The minimum absolute atomic E-state index is 0.00132. The predicted octanol–water partition coefficient (Wildman–Crippen LogP) is 5.69. The second-order valence-electron chi connectivity index (χ2n) is 12.3. The third-order valence-corrected chi connectivity index (χ3v) is 7.86. The highest BCUT2D eigenvalue weighted by Gasteiger charge is 2.56. The van der Waals surface area contributed by atoms with E-state index in [1.807, 2.05) is 0 Å². The summed E-state index contributed by atoms with van der Waals surface area (Å²) in [5.41, 5.74) is 0.0311. The number of benzene rings is 2. The van der Waals surface area contributed by atoms with Crippen LogP contribution in [0.4, 0.5) is 34.3 Å². The molecule has 1 aromatic heterocycles. The van der Waals surface area contributed by atoms with Gasteiger partial charge in [-0.25, -0.2) is 24.3 Å². The number of amides is 4. The number of carbonyl (C=O) groups excluding carboxylic acids is 3. The maximum atomic E-state index is 13.4. The summed E-state index contributed by atoms with van der Waals surface area (Å²) in [6, 6.07) is 10.7. The third-order valence-electron chi connectivity index (χ3n) is 7.86. The molecule has 1 saturated heterocycles. The molecule has 1 N–H and O–H groups in total. The Labute approximate surface area is 268 Å². The number of carbonyl (C=O) groups is 4. The molecule has 2 atom stereocenters. The van der Waals surface area contributed by atoms with Crippen molar-refractivity contribution in [3.05, 3.63) is 83.0 Å². The first-order valence-corrected chi connectivity index (χ1v) is 14.7. The summed E-state index contributed by atoms with van der Waals surface area (Å²) in [5.74, 6) is -2.42. The van der Waals surface area contributed by atoms with Gasteiger partial charge in [-0.15, -0.1) is 0 Å². The Morgan fingerprint density at radius 3 is 2.34 bits per heavy atom. The fourth-order valence-corrected chi connectivity index (χ4v) is 5.61. The van der Waals surface area contributed by atoms with E-state index in [1.165, 1.54) is 18.2 Å². The largest absolute Gasteiger partial charge is 0.497 e. The van der Waals surface area contributed by atoms with Gasteiger partial charge in [0, 0.05) is 18.4 Å². The van der Waals surface area contributed by atoms with Crippen LogP contribution < -0.4 is 14.5 Å². The number of imide groups is 1. The summed E-state index contributed by atoms with van der Waals surface area (Å²) >= 11 is 0. The minimum atomic E-state index is -4.56. The maximum absolute atomic E-state index is 13.4. The molecule has 2 aliphatic rings. The molecule has 5 rings (SSSR count). The third kappa shape index (κ3) is 7.00. The van der Waals surface area contributed by atoms with E-state index in [-0.39, 0.29) is 43.0 Å². The van der Waals surface area contributed by atoms with Crippen molar-refractivity contribution in [3.8, 4) is 5.75 Å². The van der Waals surface area contributed by atoms with Gasteiger partial charge in [-0.05, 0) is 92.8 Å². The first kappa shape index (κ1) is 33.2. The van der Waals surface area contributed by atoms with Crippen molar-refractivity contribution in [2.24, 2.45) is 5.92 Å². The average molecular weight is 655 g/mol. The minimum Gasteiger partial charge on any atom is -0.497 e. The summed E-state index contributed by atoms with van der Waals surface area (Å²) < 4.78 is 50.4. The Morgan fingerprint density at radius 2 is 1.72 bits per heavy atom. The van der Waals surface area contributed by atoms with Crippen molar-refractivity contribution in [1.82, 2.24) is 9.88 Å². The zero-order valence-corrected chi connectivity index (χ0v) is 26.1. The molecule has 11 nitrogen and oxygen atoms in total. The summed E-state index contributed by atoms with van der Waals surface area (Å²) in [7, 11) is 1.54. The number of ether oxygens (including phenoxy) is 2. The smallest absolute Gasteiger partial charge is 0.416 e. The van der Waals surface area contributed by atoms with E-state index < -0.39 is 53.3 Å². The number of alkyl halides is 3. The second-order valence-corrected chi connectivity index (χ2v) is 12.3. The van der Waals surface area contributed by atoms with Crippen molar-refractivity contribution < 1.29 is 46.9 Å². The van der Waals surface area contributed by atoms with Crippen LogP contribution in [0.2, 0.25) is 0 Å². The molecule has 248 valence electrons. The van der Waals surface area contributed by atoms with Crippen LogP contribution in [0.15, 0.2) is 60.8 Å². The second kappa shape index (κ2) is 12.6. The van der Waals surface area contributed by atoms with E-state index in [0.29, 0.717) is 16.2 Å². The van der Waals surface area contributed by atoms with Gasteiger partial charge < -0.3 is 14.6 Å². The molecule has 0 unspecified atom stereocenters. The number of pyridine rings is 1. The number of fused-ring (bicyclic) bond motifs is 1. The Bertz CT molecular complexity index is 1710. The fraction of sp³-hybridized carbons (Fsp3) is 0.364. The highest BCUT2D eigenvalue weighted by molar-refractivity contribution is 6.12. The van der Waals surface area contributed by atoms with Gasteiger partial charge in [0.25, 0.3) is 0 Å². The van der Waals surface area contributed by atoms with E-state index in [1.54, 1.807) is 57.2 Å². The SMILES string of the molecule is COc1ccc(CN(C(=O)OC(C)(C)C)c2cc(C[C@H]3C(=O)N(C(=O)N4CCc5cc(C(F)(F)F)ccc54)[C@@H]3C(=O)O)ccn2)cc1. The molecule has 47 heavy (non-hydrogen) atoms. The lowest BCUT2D eigenvalue weighted by Crippen LogP contribution is -2.69. The first-order chi connectivity index (χ1) is 22.1. The molecule has 3 heterocycles. The van der Waals surface area contributed by atoms with Crippen LogP contribution in [-0.2, 0) is 39.9 Å². The Hall–Kier alpha value is -5.14. The van der Waals surface area contributed by atoms with Gasteiger partial charge in [0.15, 0.2) is 6.04 Å². The van der Waals surface area contributed by atoms with Crippen molar-refractivity contribution >= 4 is 35.5 Å². The summed E-state index contributed by atoms with van der Waals surface area (Å²) in [6.07, 6.45) is -3.77. The molecular formula is C33H33F3N4O7. The normalized spacial score (nSPS) is 17.6. The van der Waals surface area contributed by atoms with Crippen LogP contribution in [0.3, 0.4) is 0 Å². The lowest BCUT2D eigenvalue weighted by atomic mass is 9.82. The Morgan fingerprint density at radius 1 is 1.02 bits per heavy atom. The number of halogens is 3. The van der Waals surface area contributed by atoms with E-state index >= 15 is 0 Å². The zero-order chi connectivity index (χ0) is 34.3. The predicted molar refractivity (Wildman–Crippen MR) is 163 cm³/mol. The number of β-lactam (4-membered cyclic amide) rings is 1. The first-order valence-electron chi connectivity index (χ1n) is 14.7. The number of likely N-dealkylation sites (tertiary alicyclic amines) is 1. The fourth-order valence-electron chi connectivity index (χ4n) is 5.61. The lowest BCUT2D eigenvalue weighted by Gasteiger charge is -2.44. The van der Waals surface area contributed by atoms with Gasteiger partial charge in [-0.1, -0.05) is 12.1 Å². The molecule has 0 saturated carbocycles. The van der Waals surface area contributed by atoms with Gasteiger partial charge in [0.2, 0.25) is 5.91 Å². The maximum Gasteiger partial charge on any atom is 0.416 e. The van der Waals surface area contributed by atoms with E-state index in [0.717, 1.165) is 28.7 Å². The number of aliphatic carboxylic acids is 1. The quantitative estimate of drug-likeness (QED) is 0.322. The summed E-state index contributed by atoms with van der Waals surface area (Å²) in [5, 5.41) is 10.0. The molecule has 4 amide bonds. The standard InChI is InChI=1S/C33H33F3N4O7/c1-32(2,3)47-31(45)39(18-19-5-8-23(46-4)9-6-19)26-16-20(11-13-37-26)15-24-27(29(42)43)40(28(24)41)30(44)38-14-12-21-17-22(33(34,35)36)7-10-25(21)38/h5-11,13,16-17,24,27H,12,14-15,18H2,1-4H3,(H,42,43)/t24-,27+/m1/s1. The Kier molecular flexibility index (Phi) is 8.89. The molecule has 2 aliphatic heterocycles. The topological polar surface area (TPSA) is 130 Å². The van der Waals surface area contributed by atoms with Crippen LogP contribution in [0.25, 0.3) is 0 Å². The van der Waals surface area contributed by atoms with Gasteiger partial charge >= 0.3 is 24.3 Å². The number of anilines is 2. The van der Waals surface area contributed by atoms with Gasteiger partial charge in [-0.3, -0.25) is 14.6 Å². The van der Waals surface area contributed by atoms with E-state index in [4.69, 9.17) is 9.47 Å². The van der Waals surface area contributed by atoms with Crippen molar-refractivity contribution in [3.63, 3.8) is 0 Å². The van der Waals surface area contributed by atoms with Crippen LogP contribution in [-0.4, -0.2) is 64.3 Å². The molecule has 3 aromatic rings.